The van der Waals surface area contributed by atoms with Gasteiger partial charge in [-0.3, -0.25) is 4.79 Å². The molecule has 2 aromatic carbocycles. The van der Waals surface area contributed by atoms with Crippen LogP contribution in [-0.4, -0.2) is 25.5 Å². The van der Waals surface area contributed by atoms with Gasteiger partial charge in [-0.05, 0) is 12.1 Å². The van der Waals surface area contributed by atoms with Crippen LogP contribution in [0.1, 0.15) is 11.7 Å². The van der Waals surface area contributed by atoms with Gasteiger partial charge in [-0.15, -0.1) is 12.4 Å². The van der Waals surface area contributed by atoms with Crippen LogP contribution < -0.4 is 15.4 Å². The van der Waals surface area contributed by atoms with E-state index in [4.69, 9.17) is 27.9 Å². The number of ether oxygens (including phenoxy) is 1. The maximum absolute atomic E-state index is 12.7. The highest BCUT2D eigenvalue weighted by Crippen LogP contribution is 2.31. The van der Waals surface area contributed by atoms with Crippen LogP contribution in [-0.2, 0) is 4.79 Å². The lowest BCUT2D eigenvalue weighted by molar-refractivity contribution is -0.128. The molecule has 25 heavy (non-hydrogen) atoms. The van der Waals surface area contributed by atoms with E-state index in [1.54, 1.807) is 18.2 Å². The summed E-state index contributed by atoms with van der Waals surface area (Å²) >= 11 is 12.2. The van der Waals surface area contributed by atoms with Gasteiger partial charge in [-0.1, -0.05) is 53.5 Å². The summed E-state index contributed by atoms with van der Waals surface area (Å²) in [4.78, 5) is 12.7. The molecule has 7 heteroatoms. The molecular formula is C18H19Cl3N2O2. The Balaban J connectivity index is 0.00000225. The van der Waals surface area contributed by atoms with Crippen LogP contribution in [0.15, 0.2) is 48.5 Å². The number of carbonyl (C=O) groups excluding carboxylic acids is 1. The first-order valence-electron chi connectivity index (χ1n) is 7.78. The molecule has 1 fully saturated rings. The molecule has 3 rings (SSSR count). The van der Waals surface area contributed by atoms with E-state index < -0.39 is 6.10 Å². The maximum atomic E-state index is 12.7. The standard InChI is InChI=1S/C18H18Cl2N2O2.ClH/c19-14-6-7-15(20)16(8-14)24-17(13-4-2-1-3-5-13)18(23)22-11-12-9-21-10-12;/h1-8,12,17,21H,9-11H2,(H,22,23);1H. The quantitative estimate of drug-likeness (QED) is 0.772. The number of carbonyl (C=O) groups is 1. The topological polar surface area (TPSA) is 50.4 Å². The maximum Gasteiger partial charge on any atom is 0.265 e. The Morgan fingerprint density at radius 1 is 1.20 bits per heavy atom. The van der Waals surface area contributed by atoms with Gasteiger partial charge < -0.3 is 15.4 Å². The third-order valence-corrected chi connectivity index (χ3v) is 4.46. The van der Waals surface area contributed by atoms with Crippen LogP contribution in [0.2, 0.25) is 10.0 Å². The van der Waals surface area contributed by atoms with Crippen molar-refractivity contribution >= 4 is 41.5 Å². The first-order valence-corrected chi connectivity index (χ1v) is 8.54. The van der Waals surface area contributed by atoms with Crippen LogP contribution in [0.4, 0.5) is 0 Å². The van der Waals surface area contributed by atoms with Crippen molar-refractivity contribution in [2.45, 2.75) is 6.10 Å². The molecule has 1 atom stereocenters. The highest BCUT2D eigenvalue weighted by Gasteiger charge is 2.25. The SMILES string of the molecule is Cl.O=C(NCC1CNC1)C(Oc1cc(Cl)ccc1Cl)c1ccccc1. The van der Waals surface area contributed by atoms with Gasteiger partial charge in [0.1, 0.15) is 5.75 Å². The third-order valence-electron chi connectivity index (χ3n) is 3.91. The van der Waals surface area contributed by atoms with Gasteiger partial charge in [-0.2, -0.15) is 0 Å². The van der Waals surface area contributed by atoms with Crippen molar-refractivity contribution in [3.8, 4) is 5.75 Å². The molecule has 0 aliphatic carbocycles. The van der Waals surface area contributed by atoms with Crippen molar-refractivity contribution in [2.24, 2.45) is 5.92 Å². The summed E-state index contributed by atoms with van der Waals surface area (Å²) in [5.41, 5.74) is 0.762. The molecule has 0 radical (unpaired) electrons. The Morgan fingerprint density at radius 3 is 2.56 bits per heavy atom. The Morgan fingerprint density at radius 2 is 1.92 bits per heavy atom. The third kappa shape index (κ3) is 5.25. The van der Waals surface area contributed by atoms with Crippen LogP contribution in [0.5, 0.6) is 5.75 Å². The number of nitrogens with one attached hydrogen (secondary N) is 2. The van der Waals surface area contributed by atoms with Crippen molar-refractivity contribution in [2.75, 3.05) is 19.6 Å². The normalized spacial score (nSPS) is 14.8. The molecular weight excluding hydrogens is 383 g/mol. The van der Waals surface area contributed by atoms with E-state index in [-0.39, 0.29) is 18.3 Å². The molecule has 1 saturated heterocycles. The fraction of sp³-hybridized carbons (Fsp3) is 0.278. The zero-order chi connectivity index (χ0) is 16.9. The lowest BCUT2D eigenvalue weighted by Crippen LogP contribution is -2.49. The molecule has 1 aliphatic rings. The number of amides is 1. The number of rotatable bonds is 6. The van der Waals surface area contributed by atoms with Crippen LogP contribution in [0.25, 0.3) is 0 Å². The lowest BCUT2D eigenvalue weighted by atomic mass is 10.0. The zero-order valence-electron chi connectivity index (χ0n) is 13.4. The van der Waals surface area contributed by atoms with Crippen molar-refractivity contribution in [1.29, 1.82) is 0 Å². The molecule has 4 nitrogen and oxygen atoms in total. The molecule has 1 heterocycles. The molecule has 0 bridgehead atoms. The summed E-state index contributed by atoms with van der Waals surface area (Å²) in [6.45, 7) is 2.48. The van der Waals surface area contributed by atoms with Gasteiger partial charge in [0.2, 0.25) is 6.10 Å². The molecule has 1 unspecified atom stereocenters. The largest absolute Gasteiger partial charge is 0.474 e. The Labute approximate surface area is 163 Å². The van der Waals surface area contributed by atoms with Crippen molar-refractivity contribution in [3.63, 3.8) is 0 Å². The van der Waals surface area contributed by atoms with Crippen molar-refractivity contribution in [3.05, 3.63) is 64.1 Å². The van der Waals surface area contributed by atoms with E-state index in [2.05, 4.69) is 10.6 Å². The summed E-state index contributed by atoms with van der Waals surface area (Å²) in [6.07, 6.45) is -0.782. The first-order chi connectivity index (χ1) is 11.6. The molecule has 2 N–H and O–H groups in total. The van der Waals surface area contributed by atoms with E-state index in [1.165, 1.54) is 0 Å². The molecule has 0 saturated carbocycles. The van der Waals surface area contributed by atoms with E-state index in [9.17, 15) is 4.79 Å². The molecule has 1 amide bonds. The molecule has 0 spiro atoms. The predicted molar refractivity (Wildman–Crippen MR) is 103 cm³/mol. The summed E-state index contributed by atoms with van der Waals surface area (Å²) in [6, 6.07) is 14.3. The van der Waals surface area contributed by atoms with Gasteiger partial charge in [0.15, 0.2) is 0 Å². The molecule has 134 valence electrons. The summed E-state index contributed by atoms with van der Waals surface area (Å²) in [5, 5.41) is 7.06. The van der Waals surface area contributed by atoms with E-state index in [0.29, 0.717) is 28.3 Å². The Bertz CT molecular complexity index is 709. The first kappa shape index (κ1) is 19.9. The number of benzene rings is 2. The van der Waals surface area contributed by atoms with E-state index in [1.807, 2.05) is 30.3 Å². The summed E-state index contributed by atoms with van der Waals surface area (Å²) < 4.78 is 5.91. The van der Waals surface area contributed by atoms with Gasteiger partial charge in [0, 0.05) is 42.2 Å². The molecule has 1 aliphatic heterocycles. The van der Waals surface area contributed by atoms with Gasteiger partial charge in [-0.25, -0.2) is 0 Å². The Hall–Kier alpha value is -1.46. The number of hydrogen-bond acceptors (Lipinski definition) is 3. The van der Waals surface area contributed by atoms with E-state index >= 15 is 0 Å². The second-order valence-corrected chi connectivity index (χ2v) is 6.60. The van der Waals surface area contributed by atoms with Gasteiger partial charge in [0.25, 0.3) is 5.91 Å². The lowest BCUT2D eigenvalue weighted by Gasteiger charge is -2.28. The van der Waals surface area contributed by atoms with Crippen molar-refractivity contribution < 1.29 is 9.53 Å². The predicted octanol–water partition coefficient (Wildman–Crippen LogP) is 3.87. The summed E-state index contributed by atoms with van der Waals surface area (Å²) in [5.74, 6) is 0.669. The van der Waals surface area contributed by atoms with Crippen LogP contribution in [0, 0.1) is 5.92 Å². The minimum atomic E-state index is -0.782. The average Bonchev–Trinajstić information content (AvgIpc) is 2.55. The van der Waals surface area contributed by atoms with Crippen LogP contribution in [0.3, 0.4) is 0 Å². The monoisotopic (exact) mass is 400 g/mol. The Kier molecular flexibility index (Phi) is 7.38. The molecule has 0 aromatic heterocycles. The van der Waals surface area contributed by atoms with Gasteiger partial charge in [0.05, 0.1) is 5.02 Å². The molecule has 2 aromatic rings. The highest BCUT2D eigenvalue weighted by molar-refractivity contribution is 6.34. The second kappa shape index (κ2) is 9.30. The number of hydrogen-bond donors (Lipinski definition) is 2. The second-order valence-electron chi connectivity index (χ2n) is 5.75. The van der Waals surface area contributed by atoms with Crippen LogP contribution >= 0.6 is 35.6 Å². The van der Waals surface area contributed by atoms with E-state index in [0.717, 1.165) is 18.7 Å². The van der Waals surface area contributed by atoms with Gasteiger partial charge >= 0.3 is 0 Å². The fourth-order valence-electron chi connectivity index (χ4n) is 2.43. The fourth-order valence-corrected chi connectivity index (χ4v) is 2.75. The average molecular weight is 402 g/mol. The minimum Gasteiger partial charge on any atom is -0.474 e. The highest BCUT2D eigenvalue weighted by atomic mass is 35.5. The zero-order valence-corrected chi connectivity index (χ0v) is 15.7. The number of halogens is 3. The van der Waals surface area contributed by atoms with Crippen molar-refractivity contribution in [1.82, 2.24) is 10.6 Å². The minimum absolute atomic E-state index is 0. The smallest absolute Gasteiger partial charge is 0.265 e. The summed E-state index contributed by atoms with van der Waals surface area (Å²) in [7, 11) is 0.